The van der Waals surface area contributed by atoms with Crippen LogP contribution in [0.25, 0.3) is 16.9 Å². The third-order valence-corrected chi connectivity index (χ3v) is 6.41. The monoisotopic (exact) mass is 397 g/mol. The smallest absolute Gasteiger partial charge is 0.213 e. The summed E-state index contributed by atoms with van der Waals surface area (Å²) in [7, 11) is -3.20. The number of aryl methyl sites for hydroxylation is 1. The zero-order valence-corrected chi connectivity index (χ0v) is 16.8. The van der Waals surface area contributed by atoms with Gasteiger partial charge in [-0.1, -0.05) is 18.2 Å². The average molecular weight is 398 g/mol. The number of unbranched alkanes of at least 4 members (excludes halogenated alkanes) is 1. The summed E-state index contributed by atoms with van der Waals surface area (Å²) in [5.41, 5.74) is 4.03. The maximum atomic E-state index is 11.8. The fourth-order valence-electron chi connectivity index (χ4n) is 2.91. The maximum absolute atomic E-state index is 11.8. The summed E-state index contributed by atoms with van der Waals surface area (Å²) in [6.45, 7) is 3.79. The van der Waals surface area contributed by atoms with Gasteiger partial charge in [-0.15, -0.1) is 0 Å². The lowest BCUT2D eigenvalue weighted by atomic mass is 10.0. The zero-order valence-electron chi connectivity index (χ0n) is 16.0. The first-order valence-corrected chi connectivity index (χ1v) is 10.8. The third kappa shape index (κ3) is 4.38. The number of sulfonamides is 1. The number of benzene rings is 1. The first kappa shape index (κ1) is 20.0. The van der Waals surface area contributed by atoms with Crippen LogP contribution in [0.15, 0.2) is 42.7 Å². The van der Waals surface area contributed by atoms with E-state index in [4.69, 9.17) is 5.26 Å². The van der Waals surface area contributed by atoms with Crippen LogP contribution in [0.3, 0.4) is 0 Å². The van der Waals surface area contributed by atoms with E-state index in [-0.39, 0.29) is 0 Å². The standard InChI is InChI=1S/C20H23N5O2S/c1-15(2)28(26,27)24-10-4-3-6-16-7-5-8-17(12-16)19-9-11-22-20-18(13-21)14-23-25(19)20/h5,7-9,11-12,14-15,24H,3-4,6,10H2,1-2H3. The van der Waals surface area contributed by atoms with Gasteiger partial charge in [0.25, 0.3) is 0 Å². The van der Waals surface area contributed by atoms with Crippen molar-refractivity contribution in [2.45, 2.75) is 38.4 Å². The van der Waals surface area contributed by atoms with Crippen molar-refractivity contribution < 1.29 is 8.42 Å². The van der Waals surface area contributed by atoms with E-state index >= 15 is 0 Å². The molecule has 1 aromatic carbocycles. The summed E-state index contributed by atoms with van der Waals surface area (Å²) >= 11 is 0. The molecule has 0 fully saturated rings. The van der Waals surface area contributed by atoms with E-state index in [0.717, 1.165) is 30.5 Å². The molecule has 0 aliphatic carbocycles. The molecular weight excluding hydrogens is 374 g/mol. The van der Waals surface area contributed by atoms with Crippen molar-refractivity contribution in [1.82, 2.24) is 19.3 Å². The molecule has 28 heavy (non-hydrogen) atoms. The Morgan fingerprint density at radius 1 is 1.25 bits per heavy atom. The van der Waals surface area contributed by atoms with Crippen molar-refractivity contribution >= 4 is 15.7 Å². The van der Waals surface area contributed by atoms with Crippen molar-refractivity contribution in [2.75, 3.05) is 6.54 Å². The van der Waals surface area contributed by atoms with Gasteiger partial charge in [0.05, 0.1) is 17.1 Å². The van der Waals surface area contributed by atoms with E-state index < -0.39 is 15.3 Å². The SMILES string of the molecule is CC(C)S(=O)(=O)NCCCCc1cccc(-c2ccnc3c(C#N)cnn23)c1. The van der Waals surface area contributed by atoms with Crippen LogP contribution >= 0.6 is 0 Å². The molecule has 0 aliphatic heterocycles. The Balaban J connectivity index is 1.67. The molecular formula is C20H23N5O2S. The van der Waals surface area contributed by atoms with Crippen LogP contribution in [0.4, 0.5) is 0 Å². The van der Waals surface area contributed by atoms with Gasteiger partial charge in [-0.25, -0.2) is 22.6 Å². The summed E-state index contributed by atoms with van der Waals surface area (Å²) < 4.78 is 27.8. The molecule has 0 radical (unpaired) electrons. The molecule has 3 aromatic rings. The molecule has 0 aliphatic rings. The second-order valence-corrected chi connectivity index (χ2v) is 9.20. The van der Waals surface area contributed by atoms with E-state index in [9.17, 15) is 8.42 Å². The number of hydrogen-bond acceptors (Lipinski definition) is 5. The van der Waals surface area contributed by atoms with Crippen LogP contribution in [0.2, 0.25) is 0 Å². The number of aromatic nitrogens is 3. The molecule has 7 nitrogen and oxygen atoms in total. The number of nitrogens with zero attached hydrogens (tertiary/aromatic N) is 4. The lowest BCUT2D eigenvalue weighted by molar-refractivity contribution is 0.568. The second kappa shape index (κ2) is 8.50. The van der Waals surface area contributed by atoms with Crippen molar-refractivity contribution in [1.29, 1.82) is 5.26 Å². The van der Waals surface area contributed by atoms with E-state index in [0.29, 0.717) is 17.8 Å². The molecule has 0 saturated carbocycles. The topological polar surface area (TPSA) is 100 Å². The highest BCUT2D eigenvalue weighted by atomic mass is 32.2. The van der Waals surface area contributed by atoms with Crippen molar-refractivity contribution in [3.8, 4) is 17.3 Å². The van der Waals surface area contributed by atoms with Gasteiger partial charge in [0, 0.05) is 18.3 Å². The minimum Gasteiger partial charge on any atom is -0.236 e. The molecule has 0 amide bonds. The highest BCUT2D eigenvalue weighted by molar-refractivity contribution is 7.90. The minimum atomic E-state index is -3.20. The Morgan fingerprint density at radius 3 is 2.82 bits per heavy atom. The highest BCUT2D eigenvalue weighted by Gasteiger charge is 2.14. The number of nitriles is 1. The quantitative estimate of drug-likeness (QED) is 0.589. The van der Waals surface area contributed by atoms with E-state index in [1.165, 1.54) is 11.8 Å². The molecule has 2 heterocycles. The second-order valence-electron chi connectivity index (χ2n) is 6.88. The molecule has 8 heteroatoms. The molecule has 3 rings (SSSR count). The Hall–Kier alpha value is -2.76. The maximum Gasteiger partial charge on any atom is 0.213 e. The molecule has 0 spiro atoms. The molecule has 0 saturated heterocycles. The van der Waals surface area contributed by atoms with Crippen molar-refractivity contribution in [3.05, 3.63) is 53.9 Å². The van der Waals surface area contributed by atoms with Crippen LogP contribution in [-0.2, 0) is 16.4 Å². The van der Waals surface area contributed by atoms with Gasteiger partial charge in [0.1, 0.15) is 11.6 Å². The predicted octanol–water partition coefficient (Wildman–Crippen LogP) is 2.92. The first-order chi connectivity index (χ1) is 13.4. The largest absolute Gasteiger partial charge is 0.236 e. The molecule has 1 N–H and O–H groups in total. The lowest BCUT2D eigenvalue weighted by Gasteiger charge is -2.10. The average Bonchev–Trinajstić information content (AvgIpc) is 3.11. The Morgan fingerprint density at radius 2 is 2.07 bits per heavy atom. The van der Waals surface area contributed by atoms with Gasteiger partial charge in [0.15, 0.2) is 5.65 Å². The number of fused-ring (bicyclic) bond motifs is 1. The third-order valence-electron chi connectivity index (χ3n) is 4.56. The molecule has 0 unspecified atom stereocenters. The fourth-order valence-corrected chi connectivity index (χ4v) is 3.67. The molecule has 2 aromatic heterocycles. The summed E-state index contributed by atoms with van der Waals surface area (Å²) in [5.74, 6) is 0. The molecule has 0 bridgehead atoms. The number of hydrogen-bond donors (Lipinski definition) is 1. The van der Waals surface area contributed by atoms with E-state index in [2.05, 4.69) is 33.0 Å². The predicted molar refractivity (Wildman–Crippen MR) is 108 cm³/mol. The zero-order chi connectivity index (χ0) is 20.1. The summed E-state index contributed by atoms with van der Waals surface area (Å²) in [5, 5.41) is 13.0. The number of rotatable bonds is 8. The Kier molecular flexibility index (Phi) is 6.07. The highest BCUT2D eigenvalue weighted by Crippen LogP contribution is 2.22. The van der Waals surface area contributed by atoms with Gasteiger partial charge < -0.3 is 0 Å². The fraction of sp³-hybridized carbons (Fsp3) is 0.350. The van der Waals surface area contributed by atoms with Gasteiger partial charge in [-0.3, -0.25) is 0 Å². The Labute approximate surface area is 165 Å². The van der Waals surface area contributed by atoms with Gasteiger partial charge in [-0.05, 0) is 50.8 Å². The summed E-state index contributed by atoms with van der Waals surface area (Å²) in [6, 6.07) is 12.1. The van der Waals surface area contributed by atoms with Gasteiger partial charge in [-0.2, -0.15) is 10.4 Å². The van der Waals surface area contributed by atoms with Crippen LogP contribution in [0.1, 0.15) is 37.8 Å². The van der Waals surface area contributed by atoms with Gasteiger partial charge in [0.2, 0.25) is 10.0 Å². The number of nitrogens with one attached hydrogen (secondary N) is 1. The van der Waals surface area contributed by atoms with Crippen LogP contribution in [0, 0.1) is 11.3 Å². The lowest BCUT2D eigenvalue weighted by Crippen LogP contribution is -2.31. The summed E-state index contributed by atoms with van der Waals surface area (Å²) in [6.07, 6.45) is 5.72. The van der Waals surface area contributed by atoms with E-state index in [1.807, 2.05) is 18.2 Å². The summed E-state index contributed by atoms with van der Waals surface area (Å²) in [4.78, 5) is 4.24. The first-order valence-electron chi connectivity index (χ1n) is 9.23. The van der Waals surface area contributed by atoms with E-state index in [1.54, 1.807) is 24.6 Å². The van der Waals surface area contributed by atoms with Crippen molar-refractivity contribution in [2.24, 2.45) is 0 Å². The normalized spacial score (nSPS) is 11.8. The minimum absolute atomic E-state index is 0.412. The van der Waals surface area contributed by atoms with Crippen LogP contribution < -0.4 is 4.72 Å². The molecule has 0 atom stereocenters. The Bertz CT molecular complexity index is 1110. The van der Waals surface area contributed by atoms with Crippen LogP contribution in [-0.4, -0.2) is 34.8 Å². The van der Waals surface area contributed by atoms with Crippen molar-refractivity contribution in [3.63, 3.8) is 0 Å². The molecule has 146 valence electrons. The van der Waals surface area contributed by atoms with Crippen LogP contribution in [0.5, 0.6) is 0 Å². The van der Waals surface area contributed by atoms with Gasteiger partial charge >= 0.3 is 0 Å².